The molecule has 0 aliphatic heterocycles. The van der Waals surface area contributed by atoms with Crippen LogP contribution >= 0.6 is 22.9 Å². The lowest BCUT2D eigenvalue weighted by Gasteiger charge is -2.02. The number of carbonyl (C=O) groups is 1. The predicted octanol–water partition coefficient (Wildman–Crippen LogP) is 3.07. The molecule has 1 amide bonds. The van der Waals surface area contributed by atoms with Gasteiger partial charge in [-0.3, -0.25) is 4.79 Å². The van der Waals surface area contributed by atoms with E-state index < -0.39 is 0 Å². The minimum Gasteiger partial charge on any atom is -0.344 e. The second-order valence-corrected chi connectivity index (χ2v) is 7.28. The van der Waals surface area contributed by atoms with Crippen LogP contribution in [0.25, 0.3) is 16.3 Å². The molecule has 3 heterocycles. The van der Waals surface area contributed by atoms with Crippen LogP contribution in [-0.4, -0.2) is 36.1 Å². The number of benzene rings is 1. The highest BCUT2D eigenvalue weighted by Gasteiger charge is 2.14. The summed E-state index contributed by atoms with van der Waals surface area (Å²) in [4.78, 5) is 16.5. The second-order valence-electron chi connectivity index (χ2n) is 5.86. The lowest BCUT2D eigenvalue weighted by Crippen LogP contribution is -2.23. The van der Waals surface area contributed by atoms with Gasteiger partial charge in [-0.15, -0.1) is 15.3 Å². The van der Waals surface area contributed by atoms with Crippen LogP contribution in [0.15, 0.2) is 48.7 Å². The molecule has 3 aromatic heterocycles. The molecule has 10 heteroatoms. The Hall–Kier alpha value is -3.17. The molecule has 0 saturated carbocycles. The number of hydrogen-bond acceptors (Lipinski definition) is 7. The Labute approximate surface area is 169 Å². The van der Waals surface area contributed by atoms with Gasteiger partial charge >= 0.3 is 0 Å². The van der Waals surface area contributed by atoms with E-state index in [2.05, 4.69) is 30.8 Å². The molecule has 8 nitrogen and oxygen atoms in total. The Bertz CT molecular complexity index is 1130. The molecular weight excluding hydrogens is 398 g/mol. The monoisotopic (exact) mass is 411 g/mol. The number of aryl methyl sites for hydroxylation is 1. The summed E-state index contributed by atoms with van der Waals surface area (Å²) in [5, 5.41) is 20.7. The zero-order chi connectivity index (χ0) is 19.5. The van der Waals surface area contributed by atoms with E-state index in [4.69, 9.17) is 11.6 Å². The zero-order valence-electron chi connectivity index (χ0n) is 14.7. The SMILES string of the molecule is Cc1ccc(-n2cc(C(=O)NCc3nnc(-c4ccccc4)s3)nn2)c(Cl)n1. The van der Waals surface area contributed by atoms with Gasteiger partial charge in [-0.25, -0.2) is 9.67 Å². The van der Waals surface area contributed by atoms with Crippen LogP contribution in [0.2, 0.25) is 5.15 Å². The maximum atomic E-state index is 12.4. The minimum atomic E-state index is -0.362. The highest BCUT2D eigenvalue weighted by Crippen LogP contribution is 2.23. The normalized spacial score (nSPS) is 10.8. The number of halogens is 1. The molecule has 0 aliphatic carbocycles. The molecule has 0 fully saturated rings. The van der Waals surface area contributed by atoms with Crippen molar-refractivity contribution >= 4 is 28.8 Å². The van der Waals surface area contributed by atoms with E-state index in [1.165, 1.54) is 22.2 Å². The molecular formula is C18H14ClN7OS. The molecule has 28 heavy (non-hydrogen) atoms. The summed E-state index contributed by atoms with van der Waals surface area (Å²) in [6.45, 7) is 2.09. The Kier molecular flexibility index (Phi) is 5.09. The maximum Gasteiger partial charge on any atom is 0.273 e. The van der Waals surface area contributed by atoms with Gasteiger partial charge in [0.1, 0.15) is 15.7 Å². The number of hydrogen-bond donors (Lipinski definition) is 1. The van der Waals surface area contributed by atoms with Crippen molar-refractivity contribution in [3.63, 3.8) is 0 Å². The van der Waals surface area contributed by atoms with E-state index >= 15 is 0 Å². The number of rotatable bonds is 5. The molecule has 0 spiro atoms. The van der Waals surface area contributed by atoms with Gasteiger partial charge < -0.3 is 5.32 Å². The summed E-state index contributed by atoms with van der Waals surface area (Å²) in [5.74, 6) is -0.362. The van der Waals surface area contributed by atoms with Crippen LogP contribution in [0.4, 0.5) is 0 Å². The lowest BCUT2D eigenvalue weighted by atomic mass is 10.2. The number of nitrogens with zero attached hydrogens (tertiary/aromatic N) is 6. The second kappa shape index (κ2) is 7.83. The van der Waals surface area contributed by atoms with Gasteiger partial charge in [-0.05, 0) is 19.1 Å². The fraction of sp³-hybridized carbons (Fsp3) is 0.111. The smallest absolute Gasteiger partial charge is 0.273 e. The molecule has 0 radical (unpaired) electrons. The van der Waals surface area contributed by atoms with Crippen LogP contribution in [0.1, 0.15) is 21.2 Å². The number of aromatic nitrogens is 6. The molecule has 0 bridgehead atoms. The van der Waals surface area contributed by atoms with Crippen LogP contribution in [0, 0.1) is 6.92 Å². The van der Waals surface area contributed by atoms with Crippen LogP contribution in [0.5, 0.6) is 0 Å². The van der Waals surface area contributed by atoms with Gasteiger partial charge in [-0.2, -0.15) is 0 Å². The summed E-state index contributed by atoms with van der Waals surface area (Å²) in [7, 11) is 0. The first-order valence-corrected chi connectivity index (χ1v) is 9.51. The molecule has 1 N–H and O–H groups in total. The highest BCUT2D eigenvalue weighted by molar-refractivity contribution is 7.14. The largest absolute Gasteiger partial charge is 0.344 e. The van der Waals surface area contributed by atoms with Crippen LogP contribution in [0.3, 0.4) is 0 Å². The van der Waals surface area contributed by atoms with Gasteiger partial charge in [-0.1, -0.05) is 58.5 Å². The Morgan fingerprint density at radius 2 is 1.96 bits per heavy atom. The first-order valence-electron chi connectivity index (χ1n) is 8.32. The third-order valence-corrected chi connectivity index (χ3v) is 5.08. The van der Waals surface area contributed by atoms with Gasteiger partial charge in [0.2, 0.25) is 0 Å². The van der Waals surface area contributed by atoms with E-state index in [1.54, 1.807) is 6.07 Å². The van der Waals surface area contributed by atoms with Gasteiger partial charge in [0.05, 0.1) is 12.7 Å². The van der Waals surface area contributed by atoms with Crippen molar-refractivity contribution in [2.45, 2.75) is 13.5 Å². The molecule has 1 aromatic carbocycles. The Morgan fingerprint density at radius 1 is 1.14 bits per heavy atom. The van der Waals surface area contributed by atoms with Crippen LogP contribution in [-0.2, 0) is 6.54 Å². The average Bonchev–Trinajstić information content (AvgIpc) is 3.37. The van der Waals surface area contributed by atoms with Crippen LogP contribution < -0.4 is 5.32 Å². The van der Waals surface area contributed by atoms with Crippen molar-refractivity contribution in [3.05, 3.63) is 70.2 Å². The van der Waals surface area contributed by atoms with Crippen molar-refractivity contribution in [2.75, 3.05) is 0 Å². The number of nitrogens with one attached hydrogen (secondary N) is 1. The summed E-state index contributed by atoms with van der Waals surface area (Å²) in [5.41, 5.74) is 2.50. The number of amides is 1. The third-order valence-electron chi connectivity index (χ3n) is 3.83. The zero-order valence-corrected chi connectivity index (χ0v) is 16.3. The minimum absolute atomic E-state index is 0.171. The van der Waals surface area contributed by atoms with Crippen molar-refractivity contribution in [2.24, 2.45) is 0 Å². The van der Waals surface area contributed by atoms with E-state index in [9.17, 15) is 4.79 Å². The fourth-order valence-electron chi connectivity index (χ4n) is 2.44. The molecule has 0 atom stereocenters. The van der Waals surface area contributed by atoms with E-state index in [0.29, 0.717) is 15.8 Å². The number of pyridine rings is 1. The van der Waals surface area contributed by atoms with Crippen molar-refractivity contribution in [1.29, 1.82) is 0 Å². The van der Waals surface area contributed by atoms with E-state index in [-0.39, 0.29) is 18.1 Å². The summed E-state index contributed by atoms with van der Waals surface area (Å²) < 4.78 is 1.42. The third kappa shape index (κ3) is 3.90. The quantitative estimate of drug-likeness (QED) is 0.507. The molecule has 4 rings (SSSR count). The van der Waals surface area contributed by atoms with Gasteiger partial charge in [0.25, 0.3) is 5.91 Å². The topological polar surface area (TPSA) is 98.5 Å². The Balaban J connectivity index is 1.42. The van der Waals surface area contributed by atoms with Crippen molar-refractivity contribution < 1.29 is 4.79 Å². The van der Waals surface area contributed by atoms with Crippen molar-refractivity contribution in [3.8, 4) is 16.3 Å². The molecule has 0 saturated heterocycles. The molecule has 0 aliphatic rings. The van der Waals surface area contributed by atoms with E-state index in [0.717, 1.165) is 16.3 Å². The first-order chi connectivity index (χ1) is 13.6. The first kappa shape index (κ1) is 18.2. The predicted molar refractivity (Wildman–Crippen MR) is 105 cm³/mol. The van der Waals surface area contributed by atoms with Gasteiger partial charge in [0.15, 0.2) is 10.8 Å². The number of carbonyl (C=O) groups excluding carboxylic acids is 1. The Morgan fingerprint density at radius 3 is 2.75 bits per heavy atom. The lowest BCUT2D eigenvalue weighted by molar-refractivity contribution is 0.0945. The molecule has 0 unspecified atom stereocenters. The average molecular weight is 412 g/mol. The highest BCUT2D eigenvalue weighted by atomic mass is 35.5. The maximum absolute atomic E-state index is 12.4. The summed E-state index contributed by atoms with van der Waals surface area (Å²) >= 11 is 7.56. The fourth-order valence-corrected chi connectivity index (χ4v) is 3.51. The summed E-state index contributed by atoms with van der Waals surface area (Å²) in [6, 6.07) is 13.3. The summed E-state index contributed by atoms with van der Waals surface area (Å²) in [6.07, 6.45) is 1.50. The standard InChI is InChI=1S/C18H14ClN7OS/c1-11-7-8-14(16(19)21-11)26-10-13(22-25-26)17(27)20-9-15-23-24-18(28-15)12-5-3-2-4-6-12/h2-8,10H,9H2,1H3,(H,20,27). The van der Waals surface area contributed by atoms with E-state index in [1.807, 2.05) is 43.3 Å². The molecule has 140 valence electrons. The molecule has 4 aromatic rings. The van der Waals surface area contributed by atoms with Crippen molar-refractivity contribution in [1.82, 2.24) is 35.5 Å². The van der Waals surface area contributed by atoms with Gasteiger partial charge in [0, 0.05) is 11.3 Å².